The van der Waals surface area contributed by atoms with Gasteiger partial charge in [0.25, 0.3) is 11.8 Å². The summed E-state index contributed by atoms with van der Waals surface area (Å²) < 4.78 is 9.90. The Morgan fingerprint density at radius 1 is 0.619 bits per heavy atom. The Kier molecular flexibility index (Phi) is 17.6. The number of ether oxygens (including phenoxy) is 2. The quantitative estimate of drug-likeness (QED) is 0.153. The lowest BCUT2D eigenvalue weighted by molar-refractivity contribution is -0.139. The third kappa shape index (κ3) is 13.0. The molecule has 2 aromatic carbocycles. The van der Waals surface area contributed by atoms with Gasteiger partial charge in [0, 0.05) is 35.4 Å². The van der Waals surface area contributed by atoms with Gasteiger partial charge in [-0.15, -0.1) is 0 Å². The number of hydrogen-bond acceptors (Lipinski definition) is 6. The number of unbranched alkanes of at least 4 members (excludes halogenated alkanes) is 2. The highest BCUT2D eigenvalue weighted by Crippen LogP contribution is 2.15. The molecule has 42 heavy (non-hydrogen) atoms. The molecule has 2 amide bonds. The molecule has 0 atom stereocenters. The zero-order valence-corrected chi connectivity index (χ0v) is 25.9. The Hall–Kier alpha value is -4.20. The van der Waals surface area contributed by atoms with Crippen molar-refractivity contribution < 1.29 is 28.7 Å². The van der Waals surface area contributed by atoms with Gasteiger partial charge in [-0.1, -0.05) is 63.1 Å². The van der Waals surface area contributed by atoms with Crippen LogP contribution in [0.15, 0.2) is 59.7 Å². The highest BCUT2D eigenvalue weighted by molar-refractivity contribution is 6.01. The van der Waals surface area contributed by atoms with Gasteiger partial charge in [0.1, 0.15) is 0 Å². The van der Waals surface area contributed by atoms with E-state index in [0.717, 1.165) is 36.8 Å². The Bertz CT molecular complexity index is 1140. The minimum Gasteiger partial charge on any atom is -0.463 e. The van der Waals surface area contributed by atoms with Gasteiger partial charge in [0.15, 0.2) is 0 Å². The lowest BCUT2D eigenvalue weighted by Gasteiger charge is -2.08. The first-order valence-corrected chi connectivity index (χ1v) is 14.6. The first kappa shape index (κ1) is 35.8. The fourth-order valence-corrected chi connectivity index (χ4v) is 3.68. The molecule has 0 aliphatic rings. The van der Waals surface area contributed by atoms with E-state index in [4.69, 9.17) is 9.47 Å². The average molecular weight is 579 g/mol. The Balaban J connectivity index is 0.000000420. The normalized spacial score (nSPS) is 11.1. The number of hydrogen-bond donors (Lipinski definition) is 2. The van der Waals surface area contributed by atoms with Crippen LogP contribution in [0.2, 0.25) is 0 Å². The van der Waals surface area contributed by atoms with Gasteiger partial charge in [0.2, 0.25) is 0 Å². The highest BCUT2D eigenvalue weighted by atomic mass is 16.5. The van der Waals surface area contributed by atoms with Crippen molar-refractivity contribution in [2.45, 2.75) is 67.2 Å². The van der Waals surface area contributed by atoms with Crippen LogP contribution in [0.5, 0.6) is 0 Å². The summed E-state index contributed by atoms with van der Waals surface area (Å²) in [5, 5.41) is 5.77. The lowest BCUT2D eigenvalue weighted by atomic mass is 10.0. The Labute approximate surface area is 250 Å². The smallest absolute Gasteiger partial charge is 0.333 e. The molecule has 2 N–H and O–H groups in total. The number of benzene rings is 2. The zero-order valence-electron chi connectivity index (χ0n) is 25.9. The number of amides is 2. The molecule has 2 aromatic rings. The van der Waals surface area contributed by atoms with E-state index in [2.05, 4.69) is 24.5 Å². The van der Waals surface area contributed by atoms with Crippen molar-refractivity contribution in [1.29, 1.82) is 0 Å². The van der Waals surface area contributed by atoms with Gasteiger partial charge in [-0.25, -0.2) is 9.59 Å². The monoisotopic (exact) mass is 578 g/mol. The van der Waals surface area contributed by atoms with Gasteiger partial charge >= 0.3 is 11.9 Å². The van der Waals surface area contributed by atoms with E-state index in [-0.39, 0.29) is 23.8 Å². The molecule has 0 bridgehead atoms. The molecule has 228 valence electrons. The van der Waals surface area contributed by atoms with Crippen LogP contribution in [0.1, 0.15) is 99.1 Å². The molecule has 0 aliphatic heterocycles. The van der Waals surface area contributed by atoms with Gasteiger partial charge in [-0.3, -0.25) is 9.59 Å². The molecule has 8 nitrogen and oxygen atoms in total. The van der Waals surface area contributed by atoms with E-state index in [0.29, 0.717) is 48.6 Å². The average Bonchev–Trinajstić information content (AvgIpc) is 2.98. The van der Waals surface area contributed by atoms with Gasteiger partial charge < -0.3 is 20.1 Å². The highest BCUT2D eigenvalue weighted by Gasteiger charge is 2.12. The first-order valence-electron chi connectivity index (χ1n) is 14.6. The molecule has 0 heterocycles. The fourth-order valence-electron chi connectivity index (χ4n) is 3.68. The molecular formula is C34H46N2O6. The van der Waals surface area contributed by atoms with Crippen molar-refractivity contribution in [3.8, 4) is 0 Å². The summed E-state index contributed by atoms with van der Waals surface area (Å²) in [5.74, 6) is -0.962. The fraction of sp³-hybridized carbons (Fsp3) is 0.412. The molecule has 0 spiro atoms. The summed E-state index contributed by atoms with van der Waals surface area (Å²) in [5.41, 5.74) is 3.53. The Morgan fingerprint density at radius 3 is 1.31 bits per heavy atom. The maximum atomic E-state index is 12.2. The topological polar surface area (TPSA) is 111 Å². The maximum absolute atomic E-state index is 12.2. The molecule has 0 radical (unpaired) electrons. The number of esters is 2. The third-order valence-corrected chi connectivity index (χ3v) is 5.98. The summed E-state index contributed by atoms with van der Waals surface area (Å²) in [6.45, 7) is 13.0. The number of carbonyl (C=O) groups is 4. The zero-order chi connectivity index (χ0) is 31.3. The third-order valence-electron chi connectivity index (χ3n) is 5.98. The molecule has 0 saturated carbocycles. The van der Waals surface area contributed by atoms with Crippen molar-refractivity contribution in [2.75, 3.05) is 26.3 Å². The van der Waals surface area contributed by atoms with E-state index in [1.165, 1.54) is 0 Å². The van der Waals surface area contributed by atoms with E-state index in [1.807, 2.05) is 36.4 Å². The van der Waals surface area contributed by atoms with Crippen LogP contribution in [-0.4, -0.2) is 50.1 Å². The molecular weight excluding hydrogens is 532 g/mol. The molecule has 0 fully saturated rings. The minimum atomic E-state index is -0.362. The van der Waals surface area contributed by atoms with Crippen LogP contribution in [0, 0.1) is 0 Å². The van der Waals surface area contributed by atoms with Gasteiger partial charge in [-0.05, 0) is 75.9 Å². The van der Waals surface area contributed by atoms with Crippen LogP contribution in [0.4, 0.5) is 0 Å². The summed E-state index contributed by atoms with van der Waals surface area (Å²) in [7, 11) is 0. The van der Waals surface area contributed by atoms with Crippen molar-refractivity contribution in [1.82, 2.24) is 10.6 Å². The van der Waals surface area contributed by atoms with Gasteiger partial charge in [-0.2, -0.15) is 0 Å². The summed E-state index contributed by atoms with van der Waals surface area (Å²) in [6.07, 6.45) is 7.34. The number of rotatable bonds is 14. The standard InChI is InChI=1S/2C17H23NO3/c2*1-4-6-11-18-16(19)15-10-8-7-9-14(15)12-13(3)17(20)21-5-2/h2*7-10,12H,4-6,11H2,1-3H3,(H,18,19). The Morgan fingerprint density at radius 2 is 0.976 bits per heavy atom. The second kappa shape index (κ2) is 20.6. The van der Waals surface area contributed by atoms with E-state index < -0.39 is 0 Å². The predicted molar refractivity (Wildman–Crippen MR) is 168 cm³/mol. The summed E-state index contributed by atoms with van der Waals surface area (Å²) in [6, 6.07) is 14.4. The number of carbonyl (C=O) groups excluding carboxylic acids is 4. The van der Waals surface area contributed by atoms with E-state index in [9.17, 15) is 19.2 Å². The van der Waals surface area contributed by atoms with Crippen LogP contribution in [-0.2, 0) is 19.1 Å². The van der Waals surface area contributed by atoms with E-state index in [1.54, 1.807) is 52.0 Å². The van der Waals surface area contributed by atoms with Crippen molar-refractivity contribution >= 4 is 35.9 Å². The van der Waals surface area contributed by atoms with Crippen LogP contribution in [0.3, 0.4) is 0 Å². The molecule has 2 rings (SSSR count). The predicted octanol–water partition coefficient (Wildman–Crippen LogP) is 6.37. The molecule has 0 aromatic heterocycles. The maximum Gasteiger partial charge on any atom is 0.333 e. The molecule has 0 saturated heterocycles. The van der Waals surface area contributed by atoms with Crippen LogP contribution < -0.4 is 10.6 Å². The van der Waals surface area contributed by atoms with Crippen molar-refractivity contribution in [2.24, 2.45) is 0 Å². The molecule has 0 aliphatic carbocycles. The molecule has 8 heteroatoms. The van der Waals surface area contributed by atoms with Crippen LogP contribution in [0.25, 0.3) is 12.2 Å². The van der Waals surface area contributed by atoms with Crippen molar-refractivity contribution in [3.63, 3.8) is 0 Å². The largest absolute Gasteiger partial charge is 0.463 e. The summed E-state index contributed by atoms with van der Waals surface area (Å²) in [4.78, 5) is 47.6. The number of nitrogens with one attached hydrogen (secondary N) is 2. The minimum absolute atomic E-state index is 0.119. The molecule has 0 unspecified atom stereocenters. The second-order valence-electron chi connectivity index (χ2n) is 9.49. The first-order chi connectivity index (χ1) is 20.2. The van der Waals surface area contributed by atoms with Crippen LogP contribution >= 0.6 is 0 Å². The lowest BCUT2D eigenvalue weighted by Crippen LogP contribution is -2.25. The van der Waals surface area contributed by atoms with Gasteiger partial charge in [0.05, 0.1) is 13.2 Å². The SMILES string of the molecule is CCCCNC(=O)c1ccccc1C=C(C)C(=O)OCC.CCCCNC(=O)c1ccccc1C=C(C)C(=O)OCC. The van der Waals surface area contributed by atoms with Crippen molar-refractivity contribution in [3.05, 3.63) is 81.9 Å². The van der Waals surface area contributed by atoms with E-state index >= 15 is 0 Å². The second-order valence-corrected chi connectivity index (χ2v) is 9.49. The summed E-state index contributed by atoms with van der Waals surface area (Å²) >= 11 is 0.